The molecule has 25 heavy (non-hydrogen) atoms. The molecule has 4 rings (SSSR count). The van der Waals surface area contributed by atoms with E-state index >= 15 is 0 Å². The van der Waals surface area contributed by atoms with Crippen LogP contribution in [0.25, 0.3) is 0 Å². The number of benzene rings is 1. The molecule has 1 atom stereocenters. The summed E-state index contributed by atoms with van der Waals surface area (Å²) >= 11 is 0. The Bertz CT molecular complexity index is 685. The molecule has 0 spiro atoms. The summed E-state index contributed by atoms with van der Waals surface area (Å²) in [6, 6.07) is 4.99. The molecule has 7 nitrogen and oxygen atoms in total. The van der Waals surface area contributed by atoms with Gasteiger partial charge in [-0.1, -0.05) is 0 Å². The third-order valence-corrected chi connectivity index (χ3v) is 5.27. The first kappa shape index (κ1) is 16.2. The van der Waals surface area contributed by atoms with Crippen molar-refractivity contribution in [3.05, 3.63) is 23.8 Å². The van der Waals surface area contributed by atoms with Crippen molar-refractivity contribution in [2.24, 2.45) is 5.73 Å². The highest BCUT2D eigenvalue weighted by Crippen LogP contribution is 2.33. The van der Waals surface area contributed by atoms with E-state index in [9.17, 15) is 9.59 Å². The molecule has 134 valence electrons. The fourth-order valence-corrected chi connectivity index (χ4v) is 3.79. The number of piperidine rings is 1. The van der Waals surface area contributed by atoms with Crippen LogP contribution in [-0.2, 0) is 4.79 Å². The third-order valence-electron chi connectivity index (χ3n) is 5.27. The van der Waals surface area contributed by atoms with E-state index in [1.807, 2.05) is 4.90 Å². The van der Waals surface area contributed by atoms with Crippen LogP contribution in [0, 0.1) is 0 Å². The minimum absolute atomic E-state index is 0.0542. The van der Waals surface area contributed by atoms with Gasteiger partial charge in [-0.2, -0.15) is 0 Å². The molecule has 2 N–H and O–H groups in total. The number of amides is 2. The van der Waals surface area contributed by atoms with Crippen LogP contribution in [0.4, 0.5) is 0 Å². The van der Waals surface area contributed by atoms with Gasteiger partial charge in [0.25, 0.3) is 5.91 Å². The average Bonchev–Trinajstić information content (AvgIpc) is 3.29. The molecule has 2 fully saturated rings. The van der Waals surface area contributed by atoms with Crippen LogP contribution < -0.4 is 15.2 Å². The van der Waals surface area contributed by atoms with Crippen LogP contribution in [0.2, 0.25) is 0 Å². The summed E-state index contributed by atoms with van der Waals surface area (Å²) in [7, 11) is 0. The van der Waals surface area contributed by atoms with Gasteiger partial charge in [0.2, 0.25) is 12.7 Å². The lowest BCUT2D eigenvalue weighted by molar-refractivity contribution is -0.136. The Morgan fingerprint density at radius 2 is 1.80 bits per heavy atom. The lowest BCUT2D eigenvalue weighted by Gasteiger charge is -2.34. The minimum atomic E-state index is -0.368. The van der Waals surface area contributed by atoms with E-state index in [0.29, 0.717) is 36.7 Å². The van der Waals surface area contributed by atoms with Crippen LogP contribution >= 0.6 is 0 Å². The number of hydrogen-bond acceptors (Lipinski definition) is 5. The summed E-state index contributed by atoms with van der Waals surface area (Å²) in [5, 5.41) is 0. The Morgan fingerprint density at radius 1 is 1.04 bits per heavy atom. The quantitative estimate of drug-likeness (QED) is 0.863. The maximum atomic E-state index is 12.9. The summed E-state index contributed by atoms with van der Waals surface area (Å²) in [5.74, 6) is 1.16. The van der Waals surface area contributed by atoms with E-state index in [4.69, 9.17) is 15.2 Å². The molecular formula is C18H23N3O4. The maximum Gasteiger partial charge on any atom is 0.254 e. The first-order valence-electron chi connectivity index (χ1n) is 8.88. The summed E-state index contributed by atoms with van der Waals surface area (Å²) in [4.78, 5) is 29.4. The van der Waals surface area contributed by atoms with Crippen LogP contribution in [0.3, 0.4) is 0 Å². The fourth-order valence-electron chi connectivity index (χ4n) is 3.79. The van der Waals surface area contributed by atoms with Gasteiger partial charge in [0.05, 0.1) is 0 Å². The van der Waals surface area contributed by atoms with Crippen molar-refractivity contribution in [3.63, 3.8) is 0 Å². The Morgan fingerprint density at radius 3 is 2.60 bits per heavy atom. The minimum Gasteiger partial charge on any atom is -0.454 e. The molecule has 2 amide bonds. The van der Waals surface area contributed by atoms with Gasteiger partial charge in [-0.05, 0) is 43.9 Å². The predicted molar refractivity (Wildman–Crippen MR) is 90.4 cm³/mol. The summed E-state index contributed by atoms with van der Waals surface area (Å²) in [5.41, 5.74) is 6.45. The largest absolute Gasteiger partial charge is 0.454 e. The lowest BCUT2D eigenvalue weighted by Crippen LogP contribution is -2.51. The molecule has 2 saturated heterocycles. The second kappa shape index (κ2) is 6.55. The zero-order chi connectivity index (χ0) is 17.4. The normalized spacial score (nSPS) is 23.2. The molecule has 7 heteroatoms. The van der Waals surface area contributed by atoms with Crippen LogP contribution in [0.1, 0.15) is 36.0 Å². The fraction of sp³-hybridized carbons (Fsp3) is 0.556. The number of carbonyl (C=O) groups is 2. The first-order chi connectivity index (χ1) is 12.1. The van der Waals surface area contributed by atoms with Crippen LogP contribution in [0.15, 0.2) is 18.2 Å². The van der Waals surface area contributed by atoms with Gasteiger partial charge >= 0.3 is 0 Å². The van der Waals surface area contributed by atoms with Gasteiger partial charge in [0.1, 0.15) is 6.04 Å². The van der Waals surface area contributed by atoms with Crippen LogP contribution in [-0.4, -0.2) is 60.1 Å². The molecule has 3 heterocycles. The maximum absolute atomic E-state index is 12.9. The molecule has 0 radical (unpaired) electrons. The molecule has 1 unspecified atom stereocenters. The highest BCUT2D eigenvalue weighted by Gasteiger charge is 2.37. The molecule has 0 saturated carbocycles. The lowest BCUT2D eigenvalue weighted by atomic mass is 10.0. The molecular weight excluding hydrogens is 322 g/mol. The van der Waals surface area contributed by atoms with Gasteiger partial charge in [-0.15, -0.1) is 0 Å². The van der Waals surface area contributed by atoms with E-state index < -0.39 is 0 Å². The number of ether oxygens (including phenoxy) is 2. The summed E-state index contributed by atoms with van der Waals surface area (Å²) < 4.78 is 10.6. The predicted octanol–water partition coefficient (Wildman–Crippen LogP) is 0.970. The van der Waals surface area contributed by atoms with E-state index in [0.717, 1.165) is 25.7 Å². The van der Waals surface area contributed by atoms with Gasteiger partial charge < -0.3 is 25.0 Å². The van der Waals surface area contributed by atoms with E-state index in [1.54, 1.807) is 23.1 Å². The molecule has 3 aliphatic heterocycles. The number of carbonyl (C=O) groups excluding carboxylic acids is 2. The highest BCUT2D eigenvalue weighted by molar-refractivity contribution is 5.98. The van der Waals surface area contributed by atoms with Gasteiger partial charge in [0.15, 0.2) is 11.5 Å². The Kier molecular flexibility index (Phi) is 4.25. The van der Waals surface area contributed by atoms with Crippen molar-refractivity contribution in [2.75, 3.05) is 26.4 Å². The van der Waals surface area contributed by atoms with E-state index in [2.05, 4.69) is 0 Å². The molecule has 1 aromatic carbocycles. The number of nitrogens with zero attached hydrogens (tertiary/aromatic N) is 2. The van der Waals surface area contributed by atoms with Crippen molar-refractivity contribution in [3.8, 4) is 11.5 Å². The van der Waals surface area contributed by atoms with Gasteiger partial charge in [-0.25, -0.2) is 0 Å². The van der Waals surface area contributed by atoms with Crippen molar-refractivity contribution in [1.82, 2.24) is 9.80 Å². The number of fused-ring (bicyclic) bond motifs is 1. The SMILES string of the molecule is NC1CCN(C(=O)C2CCCN2C(=O)c2ccc3c(c2)OCO3)CC1. The smallest absolute Gasteiger partial charge is 0.254 e. The molecule has 0 bridgehead atoms. The van der Waals surface area contributed by atoms with Crippen molar-refractivity contribution in [2.45, 2.75) is 37.8 Å². The van der Waals surface area contributed by atoms with Crippen molar-refractivity contribution in [1.29, 1.82) is 0 Å². The summed E-state index contributed by atoms with van der Waals surface area (Å²) in [6.07, 6.45) is 3.22. The number of rotatable bonds is 2. The Labute approximate surface area is 146 Å². The second-order valence-electron chi connectivity index (χ2n) is 6.89. The summed E-state index contributed by atoms with van der Waals surface area (Å²) in [6.45, 7) is 2.15. The Balaban J connectivity index is 1.49. The number of likely N-dealkylation sites (tertiary alicyclic amines) is 2. The van der Waals surface area contributed by atoms with Gasteiger partial charge in [0, 0.05) is 31.2 Å². The highest BCUT2D eigenvalue weighted by atomic mass is 16.7. The Hall–Kier alpha value is -2.28. The molecule has 0 aliphatic carbocycles. The van der Waals surface area contributed by atoms with Crippen molar-refractivity contribution >= 4 is 11.8 Å². The average molecular weight is 345 g/mol. The molecule has 3 aliphatic rings. The van der Waals surface area contributed by atoms with E-state index in [-0.39, 0.29) is 30.7 Å². The van der Waals surface area contributed by atoms with Crippen molar-refractivity contribution < 1.29 is 19.1 Å². The van der Waals surface area contributed by atoms with Gasteiger partial charge in [-0.3, -0.25) is 9.59 Å². The zero-order valence-corrected chi connectivity index (χ0v) is 14.1. The molecule has 1 aromatic rings. The number of nitrogens with two attached hydrogens (primary N) is 1. The monoisotopic (exact) mass is 345 g/mol. The van der Waals surface area contributed by atoms with Crippen LogP contribution in [0.5, 0.6) is 11.5 Å². The topological polar surface area (TPSA) is 85.1 Å². The number of hydrogen-bond donors (Lipinski definition) is 1. The first-order valence-corrected chi connectivity index (χ1v) is 8.88. The zero-order valence-electron chi connectivity index (χ0n) is 14.1. The second-order valence-corrected chi connectivity index (χ2v) is 6.89. The third kappa shape index (κ3) is 3.04. The van der Waals surface area contributed by atoms with E-state index in [1.165, 1.54) is 0 Å². The standard InChI is InChI=1S/C18H23N3O4/c19-13-5-8-20(9-6-13)18(23)14-2-1-7-21(14)17(22)12-3-4-15-16(10-12)25-11-24-15/h3-4,10,13-14H,1-2,5-9,11,19H2. The molecule has 0 aromatic heterocycles.